The Hall–Kier alpha value is -7.94. The van der Waals surface area contributed by atoms with Crippen molar-refractivity contribution in [2.75, 3.05) is 0 Å². The summed E-state index contributed by atoms with van der Waals surface area (Å²) in [5.41, 5.74) is 23.8. The lowest BCUT2D eigenvalue weighted by Crippen LogP contribution is -2.15. The maximum atomic E-state index is 2.49. The van der Waals surface area contributed by atoms with Gasteiger partial charge in [0.15, 0.2) is 0 Å². The second-order valence-electron chi connectivity index (χ2n) is 19.3. The molecule has 0 fully saturated rings. The Bertz CT molecular complexity index is 3730. The van der Waals surface area contributed by atoms with Crippen molar-refractivity contribution in [3.63, 3.8) is 0 Å². The van der Waals surface area contributed by atoms with Gasteiger partial charge < -0.3 is 9.13 Å². The second kappa shape index (κ2) is 14.3. The molecule has 0 spiro atoms. The number of hydrogen-bond donors (Lipinski definition) is 0. The van der Waals surface area contributed by atoms with Gasteiger partial charge in [-0.05, 0) is 115 Å². The monoisotopic (exact) mass is 844 g/mol. The van der Waals surface area contributed by atoms with Crippen LogP contribution in [0.25, 0.3) is 101 Å². The molecule has 2 heteroatoms. The van der Waals surface area contributed by atoms with E-state index in [1.165, 1.54) is 116 Å². The number of hydrogen-bond acceptors (Lipinski definition) is 0. The van der Waals surface area contributed by atoms with Gasteiger partial charge in [0.2, 0.25) is 0 Å². The summed E-state index contributed by atoms with van der Waals surface area (Å²) in [5.74, 6) is 0. The van der Waals surface area contributed by atoms with Crippen LogP contribution in [0.4, 0.5) is 0 Å². The van der Waals surface area contributed by atoms with E-state index in [1.807, 2.05) is 0 Å². The van der Waals surface area contributed by atoms with Gasteiger partial charge in [0.1, 0.15) is 0 Å². The van der Waals surface area contributed by atoms with E-state index >= 15 is 0 Å². The largest absolute Gasteiger partial charge is 0.309 e. The molecule has 0 bridgehead atoms. The molecule has 2 heterocycles. The Morgan fingerprint density at radius 2 is 0.803 bits per heavy atom. The number of para-hydroxylation sites is 3. The van der Waals surface area contributed by atoms with Crippen molar-refractivity contribution in [3.8, 4) is 56.0 Å². The number of fused-ring (bicyclic) bond motifs is 10. The highest BCUT2D eigenvalue weighted by molar-refractivity contribution is 6.10. The standard InChI is InChI=1S/C64H48N2/c1-63(2)54-36-41(30-33-47(54)48-35-32-46(38-56(48)63)65-58-26-16-14-24-50(58)51-25-15-17-27-59(51)65)28-29-42-31-34-49-52-39-53-60(40-57(52)64(3,4)55(49)37-42)66(45-22-12-7-13-23-45)62(44-20-10-6-11-21-44)61(53)43-18-8-5-9-19-43/h5-40H,1-4H3/b29-28+. The van der Waals surface area contributed by atoms with Crippen LogP contribution in [0.5, 0.6) is 0 Å². The molecule has 2 nitrogen and oxygen atoms in total. The van der Waals surface area contributed by atoms with Crippen molar-refractivity contribution in [3.05, 3.63) is 240 Å². The third-order valence-electron chi connectivity index (χ3n) is 14.9. The van der Waals surface area contributed by atoms with Gasteiger partial charge in [-0.25, -0.2) is 0 Å². The van der Waals surface area contributed by atoms with Gasteiger partial charge in [0.25, 0.3) is 0 Å². The SMILES string of the molecule is CC1(C)c2cc(/C=C/c3ccc4c(c3)C(C)(C)c3cc5c(cc3-4)c(-c3ccccc3)c(-c3ccccc3)n5-c3ccccc3)ccc2-c2ccc(-n3c4ccccc4c4ccccc43)cc21. The van der Waals surface area contributed by atoms with Crippen LogP contribution in [0.2, 0.25) is 0 Å². The average Bonchev–Trinajstić information content (AvgIpc) is 4.02. The first-order chi connectivity index (χ1) is 32.3. The molecule has 0 saturated carbocycles. The molecule has 2 aromatic heterocycles. The van der Waals surface area contributed by atoms with Crippen LogP contribution in [0.1, 0.15) is 61.1 Å². The van der Waals surface area contributed by atoms with E-state index in [2.05, 4.69) is 255 Å². The Morgan fingerprint density at radius 3 is 1.39 bits per heavy atom. The van der Waals surface area contributed by atoms with Crippen LogP contribution in [-0.2, 0) is 10.8 Å². The number of benzene rings is 9. The molecule has 0 amide bonds. The topological polar surface area (TPSA) is 9.86 Å². The lowest BCUT2D eigenvalue weighted by atomic mass is 9.81. The summed E-state index contributed by atoms with van der Waals surface area (Å²) in [6.45, 7) is 9.57. The van der Waals surface area contributed by atoms with Crippen LogP contribution in [-0.4, -0.2) is 9.13 Å². The summed E-state index contributed by atoms with van der Waals surface area (Å²) in [7, 11) is 0. The maximum Gasteiger partial charge on any atom is 0.0619 e. The average molecular weight is 845 g/mol. The Kier molecular flexibility index (Phi) is 8.33. The van der Waals surface area contributed by atoms with Gasteiger partial charge in [-0.2, -0.15) is 0 Å². The quantitative estimate of drug-likeness (QED) is 0.148. The van der Waals surface area contributed by atoms with Gasteiger partial charge >= 0.3 is 0 Å². The van der Waals surface area contributed by atoms with Gasteiger partial charge in [-0.3, -0.25) is 0 Å². The molecule has 66 heavy (non-hydrogen) atoms. The zero-order valence-corrected chi connectivity index (χ0v) is 37.7. The molecule has 0 aliphatic heterocycles. The molecule has 2 aliphatic carbocycles. The molecule has 9 aromatic carbocycles. The minimum Gasteiger partial charge on any atom is -0.309 e. The van der Waals surface area contributed by atoms with Gasteiger partial charge in [-0.1, -0.05) is 198 Å². The molecule has 2 aliphatic rings. The molecular weight excluding hydrogens is 797 g/mol. The van der Waals surface area contributed by atoms with Crippen LogP contribution in [0.3, 0.4) is 0 Å². The summed E-state index contributed by atoms with van der Waals surface area (Å²) in [5, 5.41) is 3.84. The van der Waals surface area contributed by atoms with Crippen LogP contribution in [0, 0.1) is 0 Å². The molecule has 0 radical (unpaired) electrons. The fourth-order valence-corrected chi connectivity index (χ4v) is 11.6. The molecule has 0 N–H and O–H groups in total. The Balaban J connectivity index is 0.874. The predicted molar refractivity (Wildman–Crippen MR) is 279 cm³/mol. The summed E-state index contributed by atoms with van der Waals surface area (Å²) in [6.07, 6.45) is 4.60. The van der Waals surface area contributed by atoms with Crippen molar-refractivity contribution >= 4 is 44.9 Å². The normalized spacial score (nSPS) is 14.2. The zero-order chi connectivity index (χ0) is 44.3. The summed E-state index contributed by atoms with van der Waals surface area (Å²) >= 11 is 0. The first-order valence-electron chi connectivity index (χ1n) is 23.3. The fraction of sp³-hybridized carbons (Fsp3) is 0.0938. The summed E-state index contributed by atoms with van der Waals surface area (Å²) in [6, 6.07) is 76.4. The van der Waals surface area contributed by atoms with Crippen LogP contribution >= 0.6 is 0 Å². The van der Waals surface area contributed by atoms with Crippen LogP contribution in [0.15, 0.2) is 206 Å². The third kappa shape index (κ3) is 5.61. The van der Waals surface area contributed by atoms with Gasteiger partial charge in [0, 0.05) is 43.9 Å². The number of aromatic nitrogens is 2. The van der Waals surface area contributed by atoms with Gasteiger partial charge in [-0.15, -0.1) is 0 Å². The maximum absolute atomic E-state index is 2.49. The highest BCUT2D eigenvalue weighted by Crippen LogP contribution is 2.54. The van der Waals surface area contributed by atoms with Crippen molar-refractivity contribution < 1.29 is 0 Å². The van der Waals surface area contributed by atoms with E-state index in [9.17, 15) is 0 Å². The third-order valence-corrected chi connectivity index (χ3v) is 14.9. The van der Waals surface area contributed by atoms with Crippen molar-refractivity contribution in [1.82, 2.24) is 9.13 Å². The van der Waals surface area contributed by atoms with E-state index in [1.54, 1.807) is 0 Å². The first kappa shape index (κ1) is 38.5. The smallest absolute Gasteiger partial charge is 0.0619 e. The Labute approximate surface area is 386 Å². The van der Waals surface area contributed by atoms with E-state index in [0.717, 1.165) is 5.69 Å². The summed E-state index contributed by atoms with van der Waals surface area (Å²) in [4.78, 5) is 0. The van der Waals surface area contributed by atoms with Crippen molar-refractivity contribution in [1.29, 1.82) is 0 Å². The molecule has 314 valence electrons. The fourth-order valence-electron chi connectivity index (χ4n) is 11.6. The molecule has 0 unspecified atom stereocenters. The molecule has 13 rings (SSSR count). The minimum absolute atomic E-state index is 0.152. The van der Waals surface area contributed by atoms with Gasteiger partial charge in [0.05, 0.1) is 22.2 Å². The minimum atomic E-state index is -0.199. The molecule has 0 saturated heterocycles. The van der Waals surface area contributed by atoms with E-state index in [-0.39, 0.29) is 10.8 Å². The lowest BCUT2D eigenvalue weighted by molar-refractivity contribution is 0.659. The van der Waals surface area contributed by atoms with Crippen molar-refractivity contribution in [2.24, 2.45) is 0 Å². The number of rotatable bonds is 6. The second-order valence-corrected chi connectivity index (χ2v) is 19.3. The highest BCUT2D eigenvalue weighted by atomic mass is 15.0. The molecule has 0 atom stereocenters. The van der Waals surface area contributed by atoms with E-state index in [0.29, 0.717) is 0 Å². The Morgan fingerprint density at radius 1 is 0.333 bits per heavy atom. The lowest BCUT2D eigenvalue weighted by Gasteiger charge is -2.23. The van der Waals surface area contributed by atoms with E-state index < -0.39 is 0 Å². The molecule has 11 aromatic rings. The van der Waals surface area contributed by atoms with E-state index in [4.69, 9.17) is 0 Å². The van der Waals surface area contributed by atoms with Crippen molar-refractivity contribution in [2.45, 2.75) is 38.5 Å². The number of nitrogens with zero attached hydrogens (tertiary/aromatic N) is 2. The van der Waals surface area contributed by atoms with Crippen LogP contribution < -0.4 is 0 Å². The first-order valence-corrected chi connectivity index (χ1v) is 23.3. The zero-order valence-electron chi connectivity index (χ0n) is 37.7. The predicted octanol–water partition coefficient (Wildman–Crippen LogP) is 16.8. The summed E-state index contributed by atoms with van der Waals surface area (Å²) < 4.78 is 4.92. The highest BCUT2D eigenvalue weighted by Gasteiger charge is 2.38. The molecular formula is C64H48N2.